The van der Waals surface area contributed by atoms with Gasteiger partial charge in [-0.2, -0.15) is 0 Å². The van der Waals surface area contributed by atoms with Gasteiger partial charge in [0.1, 0.15) is 0 Å². The largest absolute Gasteiger partial charge is 0.322 e. The standard InChI is InChI=1S/C15H15ClN2OS/c1-10-13-6-8-20-14(13)5-7-18(10)15(19)17-12-4-2-3-11(16)9-12/h2-4,6,8-10H,5,7H2,1H3,(H,17,19)/t10-/m1/s1. The maximum Gasteiger partial charge on any atom is 0.322 e. The first kappa shape index (κ1) is 13.5. The number of thiophene rings is 1. The third-order valence-corrected chi connectivity index (χ3v) is 4.85. The van der Waals surface area contributed by atoms with Crippen LogP contribution in [0.5, 0.6) is 0 Å². The third-order valence-electron chi connectivity index (χ3n) is 3.61. The Morgan fingerprint density at radius 3 is 3.10 bits per heavy atom. The second-order valence-corrected chi connectivity index (χ2v) is 6.30. The van der Waals surface area contributed by atoms with E-state index in [1.54, 1.807) is 23.5 Å². The van der Waals surface area contributed by atoms with Crippen LogP contribution in [0.3, 0.4) is 0 Å². The molecule has 0 fully saturated rings. The van der Waals surface area contributed by atoms with Gasteiger partial charge in [-0.15, -0.1) is 11.3 Å². The van der Waals surface area contributed by atoms with Gasteiger partial charge in [-0.05, 0) is 48.6 Å². The molecule has 1 aliphatic heterocycles. The number of fused-ring (bicyclic) bond motifs is 1. The molecule has 0 saturated carbocycles. The summed E-state index contributed by atoms with van der Waals surface area (Å²) in [7, 11) is 0. The van der Waals surface area contributed by atoms with Crippen molar-refractivity contribution >= 4 is 34.7 Å². The third kappa shape index (κ3) is 2.53. The summed E-state index contributed by atoms with van der Waals surface area (Å²) in [6, 6.07) is 9.37. The topological polar surface area (TPSA) is 32.3 Å². The molecule has 1 aromatic carbocycles. The Balaban J connectivity index is 1.75. The normalized spacial score (nSPS) is 17.7. The van der Waals surface area contributed by atoms with E-state index in [4.69, 9.17) is 11.6 Å². The Bertz CT molecular complexity index is 640. The molecule has 0 radical (unpaired) electrons. The average molecular weight is 307 g/mol. The molecule has 5 heteroatoms. The number of halogens is 1. The van der Waals surface area contributed by atoms with Crippen LogP contribution in [0, 0.1) is 0 Å². The van der Waals surface area contributed by atoms with Crippen molar-refractivity contribution in [3.63, 3.8) is 0 Å². The van der Waals surface area contributed by atoms with Crippen LogP contribution in [0.4, 0.5) is 10.5 Å². The van der Waals surface area contributed by atoms with Crippen molar-refractivity contribution < 1.29 is 4.79 Å². The summed E-state index contributed by atoms with van der Waals surface area (Å²) in [5.74, 6) is 0. The zero-order valence-electron chi connectivity index (χ0n) is 11.1. The van der Waals surface area contributed by atoms with Crippen molar-refractivity contribution in [3.8, 4) is 0 Å². The van der Waals surface area contributed by atoms with Gasteiger partial charge in [0.25, 0.3) is 0 Å². The summed E-state index contributed by atoms with van der Waals surface area (Å²) in [4.78, 5) is 15.7. The summed E-state index contributed by atoms with van der Waals surface area (Å²) in [6.07, 6.45) is 0.931. The van der Waals surface area contributed by atoms with Crippen LogP contribution in [0.15, 0.2) is 35.7 Å². The fourth-order valence-electron chi connectivity index (χ4n) is 2.55. The lowest BCUT2D eigenvalue weighted by Gasteiger charge is -2.33. The highest BCUT2D eigenvalue weighted by Gasteiger charge is 2.28. The van der Waals surface area contributed by atoms with Crippen LogP contribution in [-0.4, -0.2) is 17.5 Å². The molecule has 1 aromatic heterocycles. The van der Waals surface area contributed by atoms with Gasteiger partial charge in [0.05, 0.1) is 6.04 Å². The van der Waals surface area contributed by atoms with E-state index in [2.05, 4.69) is 23.7 Å². The second-order valence-electron chi connectivity index (χ2n) is 4.86. The molecule has 20 heavy (non-hydrogen) atoms. The summed E-state index contributed by atoms with van der Waals surface area (Å²) in [5, 5.41) is 5.63. The Hall–Kier alpha value is -1.52. The number of hydrogen-bond acceptors (Lipinski definition) is 2. The predicted molar refractivity (Wildman–Crippen MR) is 83.6 cm³/mol. The number of hydrogen-bond donors (Lipinski definition) is 1. The van der Waals surface area contributed by atoms with Gasteiger partial charge >= 0.3 is 6.03 Å². The first-order valence-electron chi connectivity index (χ1n) is 6.54. The molecule has 1 atom stereocenters. The van der Waals surface area contributed by atoms with Gasteiger partial charge in [-0.25, -0.2) is 4.79 Å². The van der Waals surface area contributed by atoms with E-state index < -0.39 is 0 Å². The SMILES string of the molecule is C[C@@H]1c2ccsc2CCN1C(=O)Nc1cccc(Cl)c1. The van der Waals surface area contributed by atoms with Crippen molar-refractivity contribution in [2.24, 2.45) is 0 Å². The van der Waals surface area contributed by atoms with E-state index in [0.29, 0.717) is 5.02 Å². The molecule has 3 rings (SSSR count). The Kier molecular flexibility index (Phi) is 3.68. The zero-order valence-corrected chi connectivity index (χ0v) is 12.7. The monoisotopic (exact) mass is 306 g/mol. The average Bonchev–Trinajstić information content (AvgIpc) is 2.88. The highest BCUT2D eigenvalue weighted by atomic mass is 35.5. The first-order chi connectivity index (χ1) is 9.65. The minimum Gasteiger partial charge on any atom is -0.317 e. The molecule has 0 spiro atoms. The fraction of sp³-hybridized carbons (Fsp3) is 0.267. The molecule has 2 aromatic rings. The summed E-state index contributed by atoms with van der Waals surface area (Å²) >= 11 is 7.70. The van der Waals surface area contributed by atoms with E-state index >= 15 is 0 Å². The summed E-state index contributed by atoms with van der Waals surface area (Å²) in [6.45, 7) is 2.82. The van der Waals surface area contributed by atoms with Crippen molar-refractivity contribution in [3.05, 3.63) is 51.2 Å². The lowest BCUT2D eigenvalue weighted by molar-refractivity contribution is 0.189. The van der Waals surface area contributed by atoms with Crippen molar-refractivity contribution in [2.75, 3.05) is 11.9 Å². The van der Waals surface area contributed by atoms with Gasteiger partial charge in [0, 0.05) is 22.1 Å². The fourth-order valence-corrected chi connectivity index (χ4v) is 3.70. The van der Waals surface area contributed by atoms with Gasteiger partial charge in [0.2, 0.25) is 0 Å². The number of rotatable bonds is 1. The molecule has 2 amide bonds. The molecular weight excluding hydrogens is 292 g/mol. The number of amides is 2. The molecule has 104 valence electrons. The molecule has 3 nitrogen and oxygen atoms in total. The van der Waals surface area contributed by atoms with Crippen LogP contribution in [0.25, 0.3) is 0 Å². The lowest BCUT2D eigenvalue weighted by atomic mass is 10.0. The molecule has 1 N–H and O–H groups in total. The van der Waals surface area contributed by atoms with Crippen molar-refractivity contribution in [1.29, 1.82) is 0 Å². The van der Waals surface area contributed by atoms with Crippen LogP contribution in [0.2, 0.25) is 5.02 Å². The summed E-state index contributed by atoms with van der Waals surface area (Å²) in [5.41, 5.74) is 1.99. The van der Waals surface area contributed by atoms with E-state index in [-0.39, 0.29) is 12.1 Å². The van der Waals surface area contributed by atoms with E-state index in [1.807, 2.05) is 17.0 Å². The molecule has 0 bridgehead atoms. The number of nitrogens with one attached hydrogen (secondary N) is 1. The second kappa shape index (κ2) is 5.46. The zero-order chi connectivity index (χ0) is 14.1. The van der Waals surface area contributed by atoms with E-state index in [1.165, 1.54) is 10.4 Å². The lowest BCUT2D eigenvalue weighted by Crippen LogP contribution is -2.40. The number of anilines is 1. The molecule has 0 aliphatic carbocycles. The highest BCUT2D eigenvalue weighted by molar-refractivity contribution is 7.10. The highest BCUT2D eigenvalue weighted by Crippen LogP contribution is 2.33. The minimum absolute atomic E-state index is 0.0726. The van der Waals surface area contributed by atoms with Gasteiger partial charge < -0.3 is 10.2 Å². The Labute approximate surface area is 127 Å². The smallest absolute Gasteiger partial charge is 0.317 e. The molecule has 2 heterocycles. The first-order valence-corrected chi connectivity index (χ1v) is 7.80. The maximum absolute atomic E-state index is 12.4. The van der Waals surface area contributed by atoms with E-state index in [9.17, 15) is 4.79 Å². The number of nitrogens with zero attached hydrogens (tertiary/aromatic N) is 1. The molecule has 0 unspecified atom stereocenters. The molecular formula is C15H15ClN2OS. The van der Waals surface area contributed by atoms with Crippen molar-refractivity contribution in [2.45, 2.75) is 19.4 Å². The minimum atomic E-state index is -0.0726. The number of carbonyl (C=O) groups is 1. The molecule has 0 saturated heterocycles. The Morgan fingerprint density at radius 1 is 1.45 bits per heavy atom. The van der Waals surface area contributed by atoms with Crippen LogP contribution in [-0.2, 0) is 6.42 Å². The van der Waals surface area contributed by atoms with Crippen LogP contribution in [0.1, 0.15) is 23.4 Å². The van der Waals surface area contributed by atoms with Crippen molar-refractivity contribution in [1.82, 2.24) is 4.90 Å². The van der Waals surface area contributed by atoms with Gasteiger partial charge in [-0.1, -0.05) is 17.7 Å². The number of urea groups is 1. The molecule has 1 aliphatic rings. The van der Waals surface area contributed by atoms with Crippen LogP contribution >= 0.6 is 22.9 Å². The van der Waals surface area contributed by atoms with Gasteiger partial charge in [0.15, 0.2) is 0 Å². The number of benzene rings is 1. The number of carbonyl (C=O) groups excluding carboxylic acids is 1. The van der Waals surface area contributed by atoms with Gasteiger partial charge in [-0.3, -0.25) is 0 Å². The van der Waals surface area contributed by atoms with Crippen LogP contribution < -0.4 is 5.32 Å². The van der Waals surface area contributed by atoms with E-state index in [0.717, 1.165) is 18.7 Å². The quantitative estimate of drug-likeness (QED) is 0.823. The Morgan fingerprint density at radius 2 is 2.30 bits per heavy atom. The maximum atomic E-state index is 12.4. The predicted octanol–water partition coefficient (Wildman–Crippen LogP) is 4.55. The summed E-state index contributed by atoms with van der Waals surface area (Å²) < 4.78 is 0.